The summed E-state index contributed by atoms with van der Waals surface area (Å²) in [4.78, 5) is 23.0. The van der Waals surface area contributed by atoms with Crippen LogP contribution in [0.1, 0.15) is 10.4 Å². The number of ether oxygens (including phenoxy) is 1. The minimum absolute atomic E-state index is 0.149. The average molecular weight is 402 g/mol. The Hall–Kier alpha value is -3.94. The lowest BCUT2D eigenvalue weighted by molar-refractivity contribution is 0.0828. The summed E-state index contributed by atoms with van der Waals surface area (Å²) in [5, 5.41) is 5.45. The molecule has 0 saturated heterocycles. The van der Waals surface area contributed by atoms with Crippen molar-refractivity contribution in [3.05, 3.63) is 54.4 Å². The van der Waals surface area contributed by atoms with Gasteiger partial charge < -0.3 is 15.4 Å². The maximum atomic E-state index is 12.5. The molecule has 0 aliphatic rings. The van der Waals surface area contributed by atoms with Crippen LogP contribution in [0.15, 0.2) is 48.8 Å². The molecule has 0 unspecified atom stereocenters. The van der Waals surface area contributed by atoms with Gasteiger partial charge in [-0.05, 0) is 35.9 Å². The molecule has 0 saturated carbocycles. The first kappa shape index (κ1) is 19.4. The molecule has 3 aromatic heterocycles. The summed E-state index contributed by atoms with van der Waals surface area (Å²) in [5.74, 6) is 0.484. The van der Waals surface area contributed by atoms with E-state index < -0.39 is 0 Å². The van der Waals surface area contributed by atoms with Crippen LogP contribution in [-0.2, 0) is 7.05 Å². The molecule has 8 nitrogen and oxygen atoms in total. The van der Waals surface area contributed by atoms with E-state index in [1.54, 1.807) is 50.4 Å². The number of aromatic nitrogens is 4. The number of hydrogen-bond donors (Lipinski definition) is 1. The highest BCUT2D eigenvalue weighted by Gasteiger charge is 2.18. The zero-order valence-electron chi connectivity index (χ0n) is 17.2. The number of carbonyl (C=O) groups excluding carboxylic acids is 1. The Labute approximate surface area is 173 Å². The molecule has 3 heterocycles. The standard InChI is InChI=1S/C22H22N6O2/c1-27(2)22(29)15-10-13(7-8-17(15)23)14-11-16-19(26-28(3)21(16)25-12-14)20-18(30-4)6-5-9-24-20/h5-12H,23H2,1-4H3. The van der Waals surface area contributed by atoms with Crippen LogP contribution in [0, 0.1) is 0 Å². The second-order valence-corrected chi connectivity index (χ2v) is 7.12. The molecule has 0 spiro atoms. The summed E-state index contributed by atoms with van der Waals surface area (Å²) < 4.78 is 7.18. The van der Waals surface area contributed by atoms with Crippen LogP contribution in [0.25, 0.3) is 33.5 Å². The van der Waals surface area contributed by atoms with Crippen molar-refractivity contribution in [2.75, 3.05) is 26.9 Å². The molecule has 4 rings (SSSR count). The normalized spacial score (nSPS) is 10.9. The number of nitrogens with zero attached hydrogens (tertiary/aromatic N) is 5. The topological polar surface area (TPSA) is 99.2 Å². The second kappa shape index (κ2) is 7.47. The predicted octanol–water partition coefficient (Wildman–Crippen LogP) is 2.99. The smallest absolute Gasteiger partial charge is 0.255 e. The lowest BCUT2D eigenvalue weighted by Gasteiger charge is -2.13. The SMILES string of the molecule is COc1cccnc1-c1nn(C)c2ncc(-c3ccc(N)c(C(=O)N(C)C)c3)cc12. The summed E-state index contributed by atoms with van der Waals surface area (Å²) in [6, 6.07) is 11.1. The molecule has 0 bridgehead atoms. The molecule has 8 heteroatoms. The van der Waals surface area contributed by atoms with E-state index in [0.717, 1.165) is 22.2 Å². The number of fused-ring (bicyclic) bond motifs is 1. The van der Waals surface area contributed by atoms with Crippen molar-refractivity contribution in [3.8, 4) is 28.3 Å². The van der Waals surface area contributed by atoms with Crippen LogP contribution in [0.4, 0.5) is 5.69 Å². The summed E-state index contributed by atoms with van der Waals surface area (Å²) in [7, 11) is 6.84. The van der Waals surface area contributed by atoms with E-state index in [2.05, 4.69) is 15.1 Å². The van der Waals surface area contributed by atoms with Crippen LogP contribution in [0.3, 0.4) is 0 Å². The summed E-state index contributed by atoms with van der Waals surface area (Å²) >= 11 is 0. The van der Waals surface area contributed by atoms with Gasteiger partial charge in [-0.2, -0.15) is 5.10 Å². The Balaban J connectivity index is 1.89. The van der Waals surface area contributed by atoms with Gasteiger partial charge in [-0.25, -0.2) is 9.67 Å². The quantitative estimate of drug-likeness (QED) is 0.527. The maximum absolute atomic E-state index is 12.5. The Kier molecular flexibility index (Phi) is 4.83. The van der Waals surface area contributed by atoms with Crippen LogP contribution in [0.2, 0.25) is 0 Å². The van der Waals surface area contributed by atoms with Crippen molar-refractivity contribution in [1.82, 2.24) is 24.6 Å². The molecule has 0 atom stereocenters. The van der Waals surface area contributed by atoms with Gasteiger partial charge in [0, 0.05) is 50.2 Å². The van der Waals surface area contributed by atoms with Crippen LogP contribution in [-0.4, -0.2) is 51.8 Å². The zero-order valence-corrected chi connectivity index (χ0v) is 17.2. The fourth-order valence-corrected chi connectivity index (χ4v) is 3.37. The van der Waals surface area contributed by atoms with E-state index in [1.807, 2.05) is 31.3 Å². The van der Waals surface area contributed by atoms with Gasteiger partial charge in [0.25, 0.3) is 5.91 Å². The molecule has 30 heavy (non-hydrogen) atoms. The van der Waals surface area contributed by atoms with E-state index in [9.17, 15) is 4.79 Å². The number of rotatable bonds is 4. The second-order valence-electron chi connectivity index (χ2n) is 7.12. The van der Waals surface area contributed by atoms with E-state index in [4.69, 9.17) is 10.5 Å². The van der Waals surface area contributed by atoms with Crippen molar-refractivity contribution >= 4 is 22.6 Å². The molecule has 0 radical (unpaired) electrons. The molecular formula is C22H22N6O2. The molecular weight excluding hydrogens is 380 g/mol. The van der Waals surface area contributed by atoms with Gasteiger partial charge in [0.05, 0.1) is 12.7 Å². The number of carbonyl (C=O) groups is 1. The highest BCUT2D eigenvalue weighted by molar-refractivity contribution is 6.00. The minimum Gasteiger partial charge on any atom is -0.494 e. The molecule has 1 aromatic carbocycles. The Morgan fingerprint density at radius 1 is 1.10 bits per heavy atom. The minimum atomic E-state index is -0.149. The first-order valence-corrected chi connectivity index (χ1v) is 9.34. The van der Waals surface area contributed by atoms with Crippen LogP contribution in [0.5, 0.6) is 5.75 Å². The number of aryl methyl sites for hydroxylation is 1. The number of methoxy groups -OCH3 is 1. The lowest BCUT2D eigenvalue weighted by Crippen LogP contribution is -2.22. The average Bonchev–Trinajstić information content (AvgIpc) is 3.09. The van der Waals surface area contributed by atoms with E-state index in [-0.39, 0.29) is 5.91 Å². The van der Waals surface area contributed by atoms with Gasteiger partial charge in [-0.1, -0.05) is 6.07 Å². The first-order chi connectivity index (χ1) is 14.4. The summed E-state index contributed by atoms with van der Waals surface area (Å²) in [5.41, 5.74) is 10.7. The third kappa shape index (κ3) is 3.22. The fraction of sp³-hybridized carbons (Fsp3) is 0.182. The van der Waals surface area contributed by atoms with Crippen molar-refractivity contribution in [1.29, 1.82) is 0 Å². The van der Waals surface area contributed by atoms with Gasteiger partial charge in [-0.3, -0.25) is 9.78 Å². The van der Waals surface area contributed by atoms with Crippen LogP contribution >= 0.6 is 0 Å². The van der Waals surface area contributed by atoms with Crippen molar-refractivity contribution in [3.63, 3.8) is 0 Å². The van der Waals surface area contributed by atoms with Gasteiger partial charge in [-0.15, -0.1) is 0 Å². The van der Waals surface area contributed by atoms with Gasteiger partial charge in [0.2, 0.25) is 0 Å². The van der Waals surface area contributed by atoms with E-state index >= 15 is 0 Å². The van der Waals surface area contributed by atoms with E-state index in [0.29, 0.717) is 28.4 Å². The molecule has 0 aliphatic carbocycles. The fourth-order valence-electron chi connectivity index (χ4n) is 3.37. The van der Waals surface area contributed by atoms with E-state index in [1.165, 1.54) is 4.90 Å². The monoisotopic (exact) mass is 402 g/mol. The number of nitrogen functional groups attached to an aromatic ring is 1. The van der Waals surface area contributed by atoms with Crippen molar-refractivity contribution < 1.29 is 9.53 Å². The molecule has 4 aromatic rings. The third-order valence-electron chi connectivity index (χ3n) is 4.92. The van der Waals surface area contributed by atoms with Crippen molar-refractivity contribution in [2.45, 2.75) is 0 Å². The highest BCUT2D eigenvalue weighted by atomic mass is 16.5. The Bertz CT molecular complexity index is 1260. The first-order valence-electron chi connectivity index (χ1n) is 9.34. The molecule has 1 amide bonds. The van der Waals surface area contributed by atoms with Gasteiger partial charge in [0.15, 0.2) is 5.65 Å². The molecule has 0 fully saturated rings. The number of hydrogen-bond acceptors (Lipinski definition) is 6. The Morgan fingerprint density at radius 2 is 1.90 bits per heavy atom. The number of nitrogens with two attached hydrogens (primary N) is 1. The maximum Gasteiger partial charge on any atom is 0.255 e. The summed E-state index contributed by atoms with van der Waals surface area (Å²) in [6.45, 7) is 0. The largest absolute Gasteiger partial charge is 0.494 e. The Morgan fingerprint density at radius 3 is 2.63 bits per heavy atom. The number of benzene rings is 1. The van der Waals surface area contributed by atoms with Crippen molar-refractivity contribution in [2.24, 2.45) is 7.05 Å². The van der Waals surface area contributed by atoms with Crippen LogP contribution < -0.4 is 10.5 Å². The third-order valence-corrected chi connectivity index (χ3v) is 4.92. The number of anilines is 1. The lowest BCUT2D eigenvalue weighted by atomic mass is 10.0. The molecule has 0 aliphatic heterocycles. The zero-order chi connectivity index (χ0) is 21.4. The van der Waals surface area contributed by atoms with Gasteiger partial charge >= 0.3 is 0 Å². The number of amides is 1. The predicted molar refractivity (Wildman–Crippen MR) is 116 cm³/mol. The summed E-state index contributed by atoms with van der Waals surface area (Å²) in [6.07, 6.45) is 3.47. The highest BCUT2D eigenvalue weighted by Crippen LogP contribution is 2.34. The van der Waals surface area contributed by atoms with Gasteiger partial charge in [0.1, 0.15) is 17.1 Å². The number of pyridine rings is 2. The molecule has 152 valence electrons. The molecule has 2 N–H and O–H groups in total.